The van der Waals surface area contributed by atoms with E-state index in [4.69, 9.17) is 23.2 Å². The zero-order chi connectivity index (χ0) is 21.5. The number of nitrogens with zero attached hydrogens (tertiary/aromatic N) is 1. The van der Waals surface area contributed by atoms with Crippen molar-refractivity contribution in [3.8, 4) is 0 Å². The molecular weight excluding hydrogens is 425 g/mol. The van der Waals surface area contributed by atoms with Crippen LogP contribution in [0.5, 0.6) is 0 Å². The zero-order valence-electron chi connectivity index (χ0n) is 17.1. The summed E-state index contributed by atoms with van der Waals surface area (Å²) in [5.74, 6) is -0.0199. The van der Waals surface area contributed by atoms with Gasteiger partial charge in [-0.2, -0.15) is 0 Å². The second-order valence-electron chi connectivity index (χ2n) is 8.05. The molecule has 0 aromatic heterocycles. The first-order chi connectivity index (χ1) is 15.0. The number of fused-ring (bicyclic) bond motifs is 3. The van der Waals surface area contributed by atoms with Gasteiger partial charge in [0.1, 0.15) is 0 Å². The molecule has 2 nitrogen and oxygen atoms in total. The first kappa shape index (κ1) is 20.1. The van der Waals surface area contributed by atoms with Gasteiger partial charge in [-0.05, 0) is 58.1 Å². The molecule has 1 amide bonds. The van der Waals surface area contributed by atoms with Crippen LogP contribution in [0, 0.1) is 6.92 Å². The lowest BCUT2D eigenvalue weighted by Gasteiger charge is -2.36. The molecular formula is C27H21Cl2NO. The lowest BCUT2D eigenvalue weighted by molar-refractivity contribution is -0.119. The Balaban J connectivity index is 1.71. The molecule has 0 bridgehead atoms. The Morgan fingerprint density at radius 1 is 0.935 bits per heavy atom. The highest BCUT2D eigenvalue weighted by atomic mass is 35.5. The number of aryl methyl sites for hydroxylation is 1. The molecule has 31 heavy (non-hydrogen) atoms. The summed E-state index contributed by atoms with van der Waals surface area (Å²) in [6.07, 6.45) is 0.369. The maximum absolute atomic E-state index is 13.4. The van der Waals surface area contributed by atoms with Crippen molar-refractivity contribution in [3.63, 3.8) is 0 Å². The highest BCUT2D eigenvalue weighted by Gasteiger charge is 2.34. The van der Waals surface area contributed by atoms with Gasteiger partial charge in [0.15, 0.2) is 0 Å². The highest BCUT2D eigenvalue weighted by molar-refractivity contribution is 6.35. The number of carbonyl (C=O) groups excluding carboxylic acids is 1. The molecule has 0 aliphatic carbocycles. The van der Waals surface area contributed by atoms with Gasteiger partial charge in [0, 0.05) is 28.1 Å². The lowest BCUT2D eigenvalue weighted by atomic mass is 9.81. The molecule has 154 valence electrons. The van der Waals surface area contributed by atoms with E-state index in [1.54, 1.807) is 6.07 Å². The quantitative estimate of drug-likeness (QED) is 0.319. The van der Waals surface area contributed by atoms with E-state index in [2.05, 4.69) is 43.3 Å². The fourth-order valence-electron chi connectivity index (χ4n) is 4.59. The number of carbonyl (C=O) groups is 1. The molecule has 0 radical (unpaired) electrons. The van der Waals surface area contributed by atoms with E-state index < -0.39 is 0 Å². The number of rotatable bonds is 3. The van der Waals surface area contributed by atoms with Gasteiger partial charge in [-0.3, -0.25) is 4.79 Å². The smallest absolute Gasteiger partial charge is 0.228 e. The minimum atomic E-state index is -0.119. The van der Waals surface area contributed by atoms with Crippen molar-refractivity contribution >= 4 is 45.6 Å². The average Bonchev–Trinajstić information content (AvgIpc) is 2.76. The molecule has 1 atom stereocenters. The Hall–Kier alpha value is -2.81. The van der Waals surface area contributed by atoms with Crippen LogP contribution in [0.25, 0.3) is 10.8 Å². The SMILES string of the molecule is Cc1ccccc1CN1C(=O)CC(c2ccc(Cl)cc2Cl)c2c1ccc1ccccc21. The van der Waals surface area contributed by atoms with Gasteiger partial charge in [0.2, 0.25) is 5.91 Å². The summed E-state index contributed by atoms with van der Waals surface area (Å²) in [7, 11) is 0. The summed E-state index contributed by atoms with van der Waals surface area (Å²) in [5.41, 5.74) is 5.37. The highest BCUT2D eigenvalue weighted by Crippen LogP contribution is 2.46. The van der Waals surface area contributed by atoms with Gasteiger partial charge >= 0.3 is 0 Å². The fraction of sp³-hybridized carbons (Fsp3) is 0.148. The van der Waals surface area contributed by atoms with Crippen LogP contribution < -0.4 is 4.90 Å². The number of anilines is 1. The van der Waals surface area contributed by atoms with Crippen molar-refractivity contribution in [1.29, 1.82) is 0 Å². The number of amides is 1. The van der Waals surface area contributed by atoms with Crippen molar-refractivity contribution < 1.29 is 4.79 Å². The summed E-state index contributed by atoms with van der Waals surface area (Å²) in [6, 6.07) is 26.3. The minimum Gasteiger partial charge on any atom is -0.308 e. The maximum Gasteiger partial charge on any atom is 0.228 e. The first-order valence-electron chi connectivity index (χ1n) is 10.3. The molecule has 1 aliphatic heterocycles. The van der Waals surface area contributed by atoms with Crippen LogP contribution in [0.15, 0.2) is 78.9 Å². The van der Waals surface area contributed by atoms with E-state index >= 15 is 0 Å². The van der Waals surface area contributed by atoms with E-state index in [9.17, 15) is 4.79 Å². The van der Waals surface area contributed by atoms with Crippen LogP contribution in [-0.2, 0) is 11.3 Å². The number of hydrogen-bond donors (Lipinski definition) is 0. The van der Waals surface area contributed by atoms with Gasteiger partial charge in [-0.15, -0.1) is 0 Å². The summed E-state index contributed by atoms with van der Waals surface area (Å²) in [4.78, 5) is 15.3. The normalized spacial score (nSPS) is 15.9. The van der Waals surface area contributed by atoms with Crippen LogP contribution in [-0.4, -0.2) is 5.91 Å². The van der Waals surface area contributed by atoms with Crippen molar-refractivity contribution in [2.45, 2.75) is 25.8 Å². The van der Waals surface area contributed by atoms with Gasteiger partial charge < -0.3 is 4.90 Å². The van der Waals surface area contributed by atoms with Crippen LogP contribution >= 0.6 is 23.2 Å². The van der Waals surface area contributed by atoms with E-state index in [0.29, 0.717) is 23.0 Å². The Kier molecular flexibility index (Phi) is 5.21. The molecule has 0 saturated heterocycles. The van der Waals surface area contributed by atoms with Crippen molar-refractivity contribution in [2.24, 2.45) is 0 Å². The molecule has 5 rings (SSSR count). The molecule has 1 heterocycles. The van der Waals surface area contributed by atoms with Gasteiger partial charge in [0.25, 0.3) is 0 Å². The summed E-state index contributed by atoms with van der Waals surface area (Å²) >= 11 is 12.8. The van der Waals surface area contributed by atoms with Crippen LogP contribution in [0.4, 0.5) is 5.69 Å². The third kappa shape index (κ3) is 3.60. The Bertz CT molecular complexity index is 1310. The second kappa shape index (κ2) is 8.03. The molecule has 4 aromatic carbocycles. The van der Waals surface area contributed by atoms with Crippen LogP contribution in [0.1, 0.15) is 34.6 Å². The Morgan fingerprint density at radius 2 is 1.71 bits per heavy atom. The average molecular weight is 446 g/mol. The third-order valence-electron chi connectivity index (χ3n) is 6.19. The van der Waals surface area contributed by atoms with Crippen molar-refractivity contribution in [2.75, 3.05) is 4.90 Å². The van der Waals surface area contributed by atoms with Gasteiger partial charge in [-0.1, -0.05) is 83.9 Å². The Morgan fingerprint density at radius 3 is 2.52 bits per heavy atom. The van der Waals surface area contributed by atoms with E-state index in [0.717, 1.165) is 33.2 Å². The zero-order valence-corrected chi connectivity index (χ0v) is 18.6. The summed E-state index contributed by atoms with van der Waals surface area (Å²) in [5, 5.41) is 3.49. The summed E-state index contributed by atoms with van der Waals surface area (Å²) < 4.78 is 0. The molecule has 1 unspecified atom stereocenters. The molecule has 4 heteroatoms. The first-order valence-corrected chi connectivity index (χ1v) is 11.1. The maximum atomic E-state index is 13.4. The Labute approximate surface area is 192 Å². The standard InChI is InChI=1S/C27H21Cl2NO/c1-17-6-2-3-8-19(17)16-30-25-13-10-18-7-4-5-9-21(18)27(25)23(15-26(30)31)22-12-11-20(28)14-24(22)29/h2-14,23H,15-16H2,1H3. The predicted molar refractivity (Wildman–Crippen MR) is 129 cm³/mol. The van der Waals surface area contributed by atoms with Crippen LogP contribution in [0.2, 0.25) is 10.0 Å². The number of benzene rings is 4. The van der Waals surface area contributed by atoms with Crippen LogP contribution in [0.3, 0.4) is 0 Å². The predicted octanol–water partition coefficient (Wildman–Crippen LogP) is 7.52. The summed E-state index contributed by atoms with van der Waals surface area (Å²) in [6.45, 7) is 2.64. The minimum absolute atomic E-state index is 0.0991. The molecule has 0 N–H and O–H groups in total. The fourth-order valence-corrected chi connectivity index (χ4v) is 5.13. The van der Waals surface area contributed by atoms with Crippen molar-refractivity contribution in [3.05, 3.63) is 111 Å². The van der Waals surface area contributed by atoms with Crippen molar-refractivity contribution in [1.82, 2.24) is 0 Å². The largest absolute Gasteiger partial charge is 0.308 e. The second-order valence-corrected chi connectivity index (χ2v) is 8.89. The van der Waals surface area contributed by atoms with Gasteiger partial charge in [-0.25, -0.2) is 0 Å². The molecule has 0 spiro atoms. The molecule has 0 saturated carbocycles. The monoisotopic (exact) mass is 445 g/mol. The van der Waals surface area contributed by atoms with E-state index in [1.165, 1.54) is 5.56 Å². The van der Waals surface area contributed by atoms with E-state index in [-0.39, 0.29) is 11.8 Å². The van der Waals surface area contributed by atoms with E-state index in [1.807, 2.05) is 41.3 Å². The van der Waals surface area contributed by atoms with Gasteiger partial charge in [0.05, 0.1) is 6.54 Å². The lowest BCUT2D eigenvalue weighted by Crippen LogP contribution is -2.36. The topological polar surface area (TPSA) is 20.3 Å². The molecule has 1 aliphatic rings. The third-order valence-corrected chi connectivity index (χ3v) is 6.76. The number of hydrogen-bond acceptors (Lipinski definition) is 1. The number of halogens is 2. The molecule has 0 fully saturated rings. The molecule has 4 aromatic rings.